The van der Waals surface area contributed by atoms with Crippen molar-refractivity contribution >= 4 is 0 Å². The molecule has 0 aliphatic rings. The molecule has 0 saturated carbocycles. The Morgan fingerprint density at radius 2 is 2.27 bits per heavy atom. The zero-order valence-electron chi connectivity index (χ0n) is 6.07. The maximum absolute atomic E-state index is 8.88. The van der Waals surface area contributed by atoms with E-state index in [0.29, 0.717) is 12.2 Å². The van der Waals surface area contributed by atoms with Crippen LogP contribution in [0, 0.1) is 0 Å². The molecule has 60 valence electrons. The molecule has 0 amide bonds. The van der Waals surface area contributed by atoms with E-state index in [-0.39, 0.29) is 11.8 Å². The van der Waals surface area contributed by atoms with Crippen molar-refractivity contribution in [1.82, 2.24) is 4.98 Å². The van der Waals surface area contributed by atoms with Gasteiger partial charge in [-0.25, -0.2) is 0 Å². The molecule has 1 atom stereocenters. The van der Waals surface area contributed by atoms with Gasteiger partial charge in [-0.1, -0.05) is 0 Å². The topological polar surface area (TPSA) is 85.2 Å². The molecule has 0 aliphatic heterocycles. The van der Waals surface area contributed by atoms with Crippen molar-refractivity contribution < 1.29 is 5.11 Å². The van der Waals surface area contributed by atoms with Crippen LogP contribution in [0.25, 0.3) is 0 Å². The highest BCUT2D eigenvalue weighted by molar-refractivity contribution is 5.19. The summed E-state index contributed by atoms with van der Waals surface area (Å²) in [4.78, 5) is 3.89. The summed E-state index contributed by atoms with van der Waals surface area (Å²) in [5, 5.41) is 8.88. The molecule has 4 nitrogen and oxygen atoms in total. The average Bonchev–Trinajstić information content (AvgIpc) is 2.05. The van der Waals surface area contributed by atoms with Crippen LogP contribution in [0.5, 0.6) is 5.75 Å². The van der Waals surface area contributed by atoms with Crippen LogP contribution in [-0.2, 0) is 0 Å². The second kappa shape index (κ2) is 3.32. The first-order chi connectivity index (χ1) is 5.24. The number of hydrogen-bond donors (Lipinski definition) is 3. The predicted octanol–water partition coefficient (Wildman–Crippen LogP) is -0.254. The smallest absolute Gasteiger partial charge is 0.133 e. The third-order valence-electron chi connectivity index (χ3n) is 1.40. The molecule has 0 fully saturated rings. The van der Waals surface area contributed by atoms with Gasteiger partial charge in [-0.3, -0.25) is 4.98 Å². The lowest BCUT2D eigenvalue weighted by atomic mass is 10.2. The number of rotatable bonds is 2. The zero-order valence-corrected chi connectivity index (χ0v) is 6.07. The van der Waals surface area contributed by atoms with E-state index in [0.717, 1.165) is 0 Å². The van der Waals surface area contributed by atoms with E-state index in [9.17, 15) is 0 Å². The summed E-state index contributed by atoms with van der Waals surface area (Å²) in [5.74, 6) is 0.137. The van der Waals surface area contributed by atoms with Crippen LogP contribution >= 0.6 is 0 Å². The number of aromatic hydroxyl groups is 1. The third kappa shape index (κ3) is 1.89. The van der Waals surface area contributed by atoms with E-state index in [1.807, 2.05) is 0 Å². The molecule has 1 aromatic heterocycles. The summed E-state index contributed by atoms with van der Waals surface area (Å²) >= 11 is 0. The summed E-state index contributed by atoms with van der Waals surface area (Å²) in [5.41, 5.74) is 11.6. The Morgan fingerprint density at radius 1 is 1.55 bits per heavy atom. The van der Waals surface area contributed by atoms with Gasteiger partial charge in [-0.05, 0) is 12.1 Å². The van der Waals surface area contributed by atoms with Gasteiger partial charge in [0, 0.05) is 6.54 Å². The van der Waals surface area contributed by atoms with Gasteiger partial charge in [0.05, 0.1) is 17.9 Å². The van der Waals surface area contributed by atoms with Crippen molar-refractivity contribution in [3.63, 3.8) is 0 Å². The molecule has 1 rings (SSSR count). The van der Waals surface area contributed by atoms with Gasteiger partial charge in [0.25, 0.3) is 0 Å². The minimum atomic E-state index is -0.240. The van der Waals surface area contributed by atoms with E-state index >= 15 is 0 Å². The van der Waals surface area contributed by atoms with E-state index in [1.54, 1.807) is 6.07 Å². The Kier molecular flexibility index (Phi) is 2.40. The quantitative estimate of drug-likeness (QED) is 0.546. The summed E-state index contributed by atoms with van der Waals surface area (Å²) in [6, 6.07) is 2.96. The molecular formula is C7H11N3O. The molecular weight excluding hydrogens is 142 g/mol. The lowest BCUT2D eigenvalue weighted by Crippen LogP contribution is -2.21. The number of aromatic nitrogens is 1. The van der Waals surface area contributed by atoms with Gasteiger partial charge in [0.15, 0.2) is 0 Å². The third-order valence-corrected chi connectivity index (χ3v) is 1.40. The predicted molar refractivity (Wildman–Crippen MR) is 41.9 cm³/mol. The van der Waals surface area contributed by atoms with E-state index in [4.69, 9.17) is 16.6 Å². The monoisotopic (exact) mass is 153 g/mol. The second-order valence-electron chi connectivity index (χ2n) is 2.28. The van der Waals surface area contributed by atoms with Gasteiger partial charge in [0.2, 0.25) is 0 Å². The van der Waals surface area contributed by atoms with Crippen molar-refractivity contribution in [2.45, 2.75) is 6.04 Å². The van der Waals surface area contributed by atoms with Crippen LogP contribution in [0.3, 0.4) is 0 Å². The van der Waals surface area contributed by atoms with Gasteiger partial charge in [-0.2, -0.15) is 0 Å². The molecule has 1 heterocycles. The van der Waals surface area contributed by atoms with Gasteiger partial charge >= 0.3 is 0 Å². The van der Waals surface area contributed by atoms with Crippen LogP contribution in [-0.4, -0.2) is 16.6 Å². The van der Waals surface area contributed by atoms with E-state index in [1.165, 1.54) is 12.3 Å². The summed E-state index contributed by atoms with van der Waals surface area (Å²) in [7, 11) is 0. The molecule has 0 aromatic carbocycles. The molecule has 5 N–H and O–H groups in total. The molecule has 0 bridgehead atoms. The number of hydrogen-bond acceptors (Lipinski definition) is 4. The summed E-state index contributed by atoms with van der Waals surface area (Å²) in [6.45, 7) is 0.359. The Bertz CT molecular complexity index is 222. The fourth-order valence-electron chi connectivity index (χ4n) is 0.738. The molecule has 0 spiro atoms. The molecule has 0 radical (unpaired) electrons. The summed E-state index contributed by atoms with van der Waals surface area (Å²) in [6.07, 6.45) is 1.35. The Morgan fingerprint density at radius 3 is 2.73 bits per heavy atom. The fraction of sp³-hybridized carbons (Fsp3) is 0.286. The minimum Gasteiger partial charge on any atom is -0.506 e. The largest absolute Gasteiger partial charge is 0.506 e. The highest BCUT2D eigenvalue weighted by atomic mass is 16.3. The molecule has 0 saturated heterocycles. The first-order valence-electron chi connectivity index (χ1n) is 3.34. The van der Waals surface area contributed by atoms with E-state index < -0.39 is 0 Å². The van der Waals surface area contributed by atoms with Crippen LogP contribution in [0.15, 0.2) is 18.3 Å². The molecule has 4 heteroatoms. The molecule has 1 unspecified atom stereocenters. The highest BCUT2D eigenvalue weighted by Gasteiger charge is 2.03. The number of nitrogens with two attached hydrogens (primary N) is 2. The standard InChI is InChI=1S/C7H11N3O/c8-3-6(9)7-2-1-5(11)4-10-7/h1-2,4,6,11H,3,8-9H2. The zero-order chi connectivity index (χ0) is 8.27. The lowest BCUT2D eigenvalue weighted by Gasteiger charge is -2.06. The fourth-order valence-corrected chi connectivity index (χ4v) is 0.738. The Labute approximate surface area is 64.9 Å². The molecule has 0 aliphatic carbocycles. The van der Waals surface area contributed by atoms with Crippen LogP contribution < -0.4 is 11.5 Å². The Balaban J connectivity index is 2.81. The maximum Gasteiger partial charge on any atom is 0.133 e. The average molecular weight is 153 g/mol. The first kappa shape index (κ1) is 7.97. The Hall–Kier alpha value is -1.13. The minimum absolute atomic E-state index is 0.137. The van der Waals surface area contributed by atoms with E-state index in [2.05, 4.69) is 4.98 Å². The molecule has 1 aromatic rings. The van der Waals surface area contributed by atoms with Gasteiger partial charge in [0.1, 0.15) is 5.75 Å². The van der Waals surface area contributed by atoms with Crippen molar-refractivity contribution in [2.75, 3.05) is 6.54 Å². The van der Waals surface area contributed by atoms with Crippen molar-refractivity contribution in [3.05, 3.63) is 24.0 Å². The van der Waals surface area contributed by atoms with Crippen LogP contribution in [0.4, 0.5) is 0 Å². The first-order valence-corrected chi connectivity index (χ1v) is 3.34. The normalized spacial score (nSPS) is 12.9. The summed E-state index contributed by atoms with van der Waals surface area (Å²) < 4.78 is 0. The van der Waals surface area contributed by atoms with Crippen molar-refractivity contribution in [1.29, 1.82) is 0 Å². The van der Waals surface area contributed by atoms with Gasteiger partial charge < -0.3 is 16.6 Å². The number of pyridine rings is 1. The van der Waals surface area contributed by atoms with Crippen LogP contribution in [0.1, 0.15) is 11.7 Å². The van der Waals surface area contributed by atoms with Gasteiger partial charge in [-0.15, -0.1) is 0 Å². The highest BCUT2D eigenvalue weighted by Crippen LogP contribution is 2.09. The van der Waals surface area contributed by atoms with Crippen LogP contribution in [0.2, 0.25) is 0 Å². The lowest BCUT2D eigenvalue weighted by molar-refractivity contribution is 0.471. The maximum atomic E-state index is 8.88. The number of nitrogens with zero attached hydrogens (tertiary/aromatic N) is 1. The van der Waals surface area contributed by atoms with Crippen molar-refractivity contribution in [3.8, 4) is 5.75 Å². The second-order valence-corrected chi connectivity index (χ2v) is 2.28. The SMILES string of the molecule is NCC(N)c1ccc(O)cn1. The van der Waals surface area contributed by atoms with Crippen molar-refractivity contribution in [2.24, 2.45) is 11.5 Å². The molecule has 11 heavy (non-hydrogen) atoms.